The van der Waals surface area contributed by atoms with Crippen molar-refractivity contribution in [3.63, 3.8) is 0 Å². The molecule has 4 nitrogen and oxygen atoms in total. The van der Waals surface area contributed by atoms with Crippen LogP contribution in [0.3, 0.4) is 0 Å². The predicted octanol–water partition coefficient (Wildman–Crippen LogP) is 3.35. The lowest BCUT2D eigenvalue weighted by Gasteiger charge is -2.35. The smallest absolute Gasteiger partial charge is 0.176 e. The summed E-state index contributed by atoms with van der Waals surface area (Å²) < 4.78 is 0. The Morgan fingerprint density at radius 2 is 2.05 bits per heavy atom. The van der Waals surface area contributed by atoms with Crippen LogP contribution in [0, 0.1) is 11.3 Å². The lowest BCUT2D eigenvalue weighted by atomic mass is 9.89. The van der Waals surface area contributed by atoms with Crippen molar-refractivity contribution in [1.29, 1.82) is 5.26 Å². The maximum atomic E-state index is 9.67. The number of aromatic nitrogens is 1. The summed E-state index contributed by atoms with van der Waals surface area (Å²) in [5.41, 5.74) is 2.17. The molecular formula is C17H13ClN4. The normalized spacial score (nSPS) is 25.5. The van der Waals surface area contributed by atoms with E-state index in [4.69, 9.17) is 11.6 Å². The Bertz CT molecular complexity index is 783. The van der Waals surface area contributed by atoms with Gasteiger partial charge in [-0.05, 0) is 29.3 Å². The van der Waals surface area contributed by atoms with Crippen molar-refractivity contribution in [2.24, 2.45) is 0 Å². The van der Waals surface area contributed by atoms with Gasteiger partial charge in [-0.15, -0.1) is 0 Å². The first-order chi connectivity index (χ1) is 10.7. The number of hydrogen-bond donors (Lipinski definition) is 0. The molecule has 0 saturated carbocycles. The minimum Gasteiger partial charge on any atom is -0.281 e. The second-order valence-electron chi connectivity index (χ2n) is 5.45. The molecule has 1 aromatic heterocycles. The fourth-order valence-corrected chi connectivity index (χ4v) is 3.49. The van der Waals surface area contributed by atoms with Gasteiger partial charge in [0.15, 0.2) is 4.87 Å². The molecule has 108 valence electrons. The van der Waals surface area contributed by atoms with Crippen LogP contribution < -0.4 is 5.01 Å². The van der Waals surface area contributed by atoms with Gasteiger partial charge in [-0.3, -0.25) is 10.0 Å². The quantitative estimate of drug-likeness (QED) is 0.758. The first-order valence-electron chi connectivity index (χ1n) is 7.07. The van der Waals surface area contributed by atoms with Crippen LogP contribution in [0.5, 0.6) is 0 Å². The van der Waals surface area contributed by atoms with E-state index in [1.54, 1.807) is 6.20 Å². The van der Waals surface area contributed by atoms with Gasteiger partial charge in [0.2, 0.25) is 0 Å². The molecule has 3 heterocycles. The van der Waals surface area contributed by atoms with Gasteiger partial charge in [-0.25, -0.2) is 4.98 Å². The Labute approximate surface area is 133 Å². The van der Waals surface area contributed by atoms with E-state index in [1.807, 2.05) is 64.8 Å². The first kappa shape index (κ1) is 13.2. The Balaban J connectivity index is 1.85. The number of anilines is 1. The van der Waals surface area contributed by atoms with Crippen molar-refractivity contribution in [1.82, 2.24) is 9.99 Å². The average Bonchev–Trinajstić information content (AvgIpc) is 2.90. The Morgan fingerprint density at radius 3 is 2.82 bits per heavy atom. The Kier molecular flexibility index (Phi) is 2.85. The minimum atomic E-state index is -1.02. The molecule has 2 atom stereocenters. The van der Waals surface area contributed by atoms with Crippen LogP contribution in [0.2, 0.25) is 0 Å². The van der Waals surface area contributed by atoms with Gasteiger partial charge < -0.3 is 0 Å². The fourth-order valence-electron chi connectivity index (χ4n) is 3.16. The summed E-state index contributed by atoms with van der Waals surface area (Å²) in [6.07, 6.45) is 5.76. The van der Waals surface area contributed by atoms with Crippen molar-refractivity contribution in [2.75, 3.05) is 11.6 Å². The highest BCUT2D eigenvalue weighted by Crippen LogP contribution is 2.48. The monoisotopic (exact) mass is 308 g/mol. The molecule has 1 fully saturated rings. The van der Waals surface area contributed by atoms with Gasteiger partial charge in [0.05, 0.1) is 12.6 Å². The molecule has 22 heavy (non-hydrogen) atoms. The van der Waals surface area contributed by atoms with Gasteiger partial charge in [0, 0.05) is 12.4 Å². The predicted molar refractivity (Wildman–Crippen MR) is 85.8 cm³/mol. The van der Waals surface area contributed by atoms with Crippen LogP contribution in [0.15, 0.2) is 54.9 Å². The van der Waals surface area contributed by atoms with Crippen LogP contribution in [0.4, 0.5) is 5.82 Å². The summed E-state index contributed by atoms with van der Waals surface area (Å²) in [6, 6.07) is 15.9. The summed E-state index contributed by atoms with van der Waals surface area (Å²) in [5, 5.41) is 13.7. The molecule has 0 aliphatic carbocycles. The van der Waals surface area contributed by atoms with E-state index >= 15 is 0 Å². The number of fused-ring (bicyclic) bond motifs is 3. The van der Waals surface area contributed by atoms with Crippen molar-refractivity contribution in [3.05, 3.63) is 66.0 Å². The van der Waals surface area contributed by atoms with E-state index < -0.39 is 4.87 Å². The van der Waals surface area contributed by atoms with E-state index in [0.717, 1.165) is 16.9 Å². The van der Waals surface area contributed by atoms with Crippen LogP contribution in [-0.2, 0) is 0 Å². The van der Waals surface area contributed by atoms with Gasteiger partial charge in [-0.1, -0.05) is 41.9 Å². The van der Waals surface area contributed by atoms with E-state index in [1.165, 1.54) is 0 Å². The summed E-state index contributed by atoms with van der Waals surface area (Å²) in [6.45, 7) is 0.394. The molecule has 1 saturated heterocycles. The number of nitrogens with zero attached hydrogens (tertiary/aromatic N) is 4. The number of halogens is 1. The summed E-state index contributed by atoms with van der Waals surface area (Å²) >= 11 is 6.69. The van der Waals surface area contributed by atoms with Crippen molar-refractivity contribution in [2.45, 2.75) is 10.9 Å². The zero-order valence-corrected chi connectivity index (χ0v) is 12.5. The number of alkyl halides is 1. The Morgan fingerprint density at radius 1 is 1.23 bits per heavy atom. The molecule has 0 radical (unpaired) electrons. The highest BCUT2D eigenvalue weighted by molar-refractivity contribution is 6.27. The van der Waals surface area contributed by atoms with Crippen molar-refractivity contribution < 1.29 is 0 Å². The van der Waals surface area contributed by atoms with Crippen molar-refractivity contribution >= 4 is 23.5 Å². The molecule has 4 rings (SSSR count). The fraction of sp³-hybridized carbons (Fsp3) is 0.176. The van der Waals surface area contributed by atoms with Gasteiger partial charge >= 0.3 is 0 Å². The minimum absolute atomic E-state index is 0.220. The maximum absolute atomic E-state index is 9.67. The third kappa shape index (κ3) is 1.79. The van der Waals surface area contributed by atoms with Crippen molar-refractivity contribution in [3.8, 4) is 6.07 Å². The SMILES string of the molecule is N#C[C@]1(Cl)CN(c2ccccn2)N2C=Cc3ccccc3[C@@H]21. The van der Waals surface area contributed by atoms with Gasteiger partial charge in [0.25, 0.3) is 0 Å². The average molecular weight is 309 g/mol. The maximum Gasteiger partial charge on any atom is 0.176 e. The number of hydrazine groups is 1. The highest BCUT2D eigenvalue weighted by atomic mass is 35.5. The molecule has 5 heteroatoms. The number of benzene rings is 1. The lowest BCUT2D eigenvalue weighted by molar-refractivity contribution is 0.316. The largest absolute Gasteiger partial charge is 0.281 e. The summed E-state index contributed by atoms with van der Waals surface area (Å²) in [5.74, 6) is 0.786. The van der Waals surface area contributed by atoms with Crippen LogP contribution in [0.1, 0.15) is 17.2 Å². The second-order valence-corrected chi connectivity index (χ2v) is 6.12. The molecule has 0 spiro atoms. The van der Waals surface area contributed by atoms with E-state index in [2.05, 4.69) is 11.1 Å². The van der Waals surface area contributed by atoms with E-state index in [-0.39, 0.29) is 6.04 Å². The molecule has 2 aliphatic rings. The molecule has 2 aliphatic heterocycles. The van der Waals surface area contributed by atoms with E-state index in [0.29, 0.717) is 6.54 Å². The Hall–Kier alpha value is -2.51. The third-order valence-corrected chi connectivity index (χ3v) is 4.56. The van der Waals surface area contributed by atoms with Crippen LogP contribution in [0.25, 0.3) is 6.08 Å². The second kappa shape index (κ2) is 4.75. The van der Waals surface area contributed by atoms with Gasteiger partial charge in [-0.2, -0.15) is 5.26 Å². The molecule has 1 aromatic carbocycles. The zero-order valence-electron chi connectivity index (χ0n) is 11.7. The van der Waals surface area contributed by atoms with Crippen LogP contribution in [-0.4, -0.2) is 21.4 Å². The topological polar surface area (TPSA) is 43.2 Å². The molecule has 0 unspecified atom stereocenters. The molecule has 2 aromatic rings. The molecule has 0 amide bonds. The van der Waals surface area contributed by atoms with E-state index in [9.17, 15) is 5.26 Å². The summed E-state index contributed by atoms with van der Waals surface area (Å²) in [7, 11) is 0. The summed E-state index contributed by atoms with van der Waals surface area (Å²) in [4.78, 5) is 3.37. The molecular weight excluding hydrogens is 296 g/mol. The van der Waals surface area contributed by atoms with Gasteiger partial charge in [0.1, 0.15) is 11.9 Å². The molecule has 0 N–H and O–H groups in total. The lowest BCUT2D eigenvalue weighted by Crippen LogP contribution is -2.36. The number of nitriles is 1. The highest BCUT2D eigenvalue weighted by Gasteiger charge is 2.53. The number of hydrogen-bond acceptors (Lipinski definition) is 4. The first-order valence-corrected chi connectivity index (χ1v) is 7.45. The standard InChI is InChI=1S/C17H13ClN4/c18-17(11-19)12-22(15-7-3-4-9-20-15)21-10-8-13-5-1-2-6-14(13)16(17)21/h1-10,16H,12H2/t16-,17+/m1/s1. The number of pyridine rings is 1. The molecule has 0 bridgehead atoms. The van der Waals surface area contributed by atoms with Crippen LogP contribution >= 0.6 is 11.6 Å². The zero-order chi connectivity index (χ0) is 15.2. The number of rotatable bonds is 1. The third-order valence-electron chi connectivity index (χ3n) is 4.15.